The van der Waals surface area contributed by atoms with E-state index < -0.39 is 0 Å². The fourth-order valence-corrected chi connectivity index (χ4v) is 1.75. The normalized spacial score (nSPS) is 21.1. The molecule has 1 aliphatic rings. The maximum absolute atomic E-state index is 13.4. The Morgan fingerprint density at radius 3 is 2.86 bits per heavy atom. The van der Waals surface area contributed by atoms with Crippen LogP contribution in [0, 0.1) is 5.82 Å². The number of hydrogen-bond donors (Lipinski definition) is 0. The van der Waals surface area contributed by atoms with Gasteiger partial charge in [-0.1, -0.05) is 24.8 Å². The summed E-state index contributed by atoms with van der Waals surface area (Å²) >= 11 is 0. The van der Waals surface area contributed by atoms with Crippen LogP contribution in [-0.2, 0) is 4.74 Å². The second kappa shape index (κ2) is 3.93. The summed E-state index contributed by atoms with van der Waals surface area (Å²) in [5.74, 6) is -0.215. The SMILES string of the molecule is C=C(c1ccccc1F)C1CCCO1. The van der Waals surface area contributed by atoms with Crippen molar-refractivity contribution in [2.45, 2.75) is 18.9 Å². The van der Waals surface area contributed by atoms with Crippen LogP contribution in [0.2, 0.25) is 0 Å². The van der Waals surface area contributed by atoms with Crippen molar-refractivity contribution < 1.29 is 9.13 Å². The maximum atomic E-state index is 13.4. The Labute approximate surface area is 83.2 Å². The predicted molar refractivity (Wildman–Crippen MR) is 54.4 cm³/mol. The van der Waals surface area contributed by atoms with Gasteiger partial charge in [-0.3, -0.25) is 0 Å². The first-order valence-corrected chi connectivity index (χ1v) is 4.84. The lowest BCUT2D eigenvalue weighted by molar-refractivity contribution is 0.152. The summed E-state index contributed by atoms with van der Waals surface area (Å²) in [6.45, 7) is 4.66. The molecule has 2 heteroatoms. The minimum atomic E-state index is -0.215. The summed E-state index contributed by atoms with van der Waals surface area (Å²) < 4.78 is 18.8. The molecule has 1 fully saturated rings. The molecular formula is C12H13FO. The minimum absolute atomic E-state index is 0.00639. The number of ether oxygens (including phenoxy) is 1. The molecule has 1 atom stereocenters. The molecule has 0 spiro atoms. The highest BCUT2D eigenvalue weighted by Gasteiger charge is 2.21. The average Bonchev–Trinajstić information content (AvgIpc) is 2.70. The molecule has 1 saturated heterocycles. The highest BCUT2D eigenvalue weighted by atomic mass is 19.1. The van der Waals surface area contributed by atoms with Crippen molar-refractivity contribution in [2.24, 2.45) is 0 Å². The van der Waals surface area contributed by atoms with E-state index in [1.807, 2.05) is 6.07 Å². The smallest absolute Gasteiger partial charge is 0.130 e. The highest BCUT2D eigenvalue weighted by molar-refractivity contribution is 5.67. The van der Waals surface area contributed by atoms with Crippen LogP contribution in [0.1, 0.15) is 18.4 Å². The van der Waals surface area contributed by atoms with Gasteiger partial charge in [0.1, 0.15) is 5.82 Å². The second-order valence-corrected chi connectivity index (χ2v) is 3.51. The van der Waals surface area contributed by atoms with Crippen molar-refractivity contribution in [3.8, 4) is 0 Å². The zero-order valence-electron chi connectivity index (χ0n) is 8.00. The molecule has 0 bridgehead atoms. The number of halogens is 1. The molecule has 0 saturated carbocycles. The van der Waals surface area contributed by atoms with Gasteiger partial charge in [-0.2, -0.15) is 0 Å². The third-order valence-electron chi connectivity index (χ3n) is 2.54. The topological polar surface area (TPSA) is 9.23 Å². The second-order valence-electron chi connectivity index (χ2n) is 3.51. The zero-order valence-corrected chi connectivity index (χ0v) is 8.00. The molecule has 1 unspecified atom stereocenters. The van der Waals surface area contributed by atoms with Gasteiger partial charge in [0.2, 0.25) is 0 Å². The van der Waals surface area contributed by atoms with Gasteiger partial charge in [0.05, 0.1) is 6.10 Å². The summed E-state index contributed by atoms with van der Waals surface area (Å²) in [5.41, 5.74) is 1.35. The van der Waals surface area contributed by atoms with E-state index in [4.69, 9.17) is 4.74 Å². The molecule has 1 heterocycles. The van der Waals surface area contributed by atoms with Gasteiger partial charge < -0.3 is 4.74 Å². The van der Waals surface area contributed by atoms with Crippen molar-refractivity contribution in [3.05, 3.63) is 42.2 Å². The molecule has 1 aliphatic heterocycles. The summed E-state index contributed by atoms with van der Waals surface area (Å²) in [6, 6.07) is 6.70. The fourth-order valence-electron chi connectivity index (χ4n) is 1.75. The van der Waals surface area contributed by atoms with E-state index in [2.05, 4.69) is 6.58 Å². The van der Waals surface area contributed by atoms with Crippen molar-refractivity contribution >= 4 is 5.57 Å². The predicted octanol–water partition coefficient (Wildman–Crippen LogP) is 3.02. The zero-order chi connectivity index (χ0) is 9.97. The number of rotatable bonds is 2. The highest BCUT2D eigenvalue weighted by Crippen LogP contribution is 2.27. The molecule has 0 radical (unpaired) electrons. The van der Waals surface area contributed by atoms with Crippen molar-refractivity contribution in [2.75, 3.05) is 6.61 Å². The van der Waals surface area contributed by atoms with Crippen LogP contribution in [0.3, 0.4) is 0 Å². The number of benzene rings is 1. The Hall–Kier alpha value is -1.15. The van der Waals surface area contributed by atoms with Crippen LogP contribution in [0.25, 0.3) is 5.57 Å². The molecule has 2 rings (SSSR count). The standard InChI is InChI=1S/C12H13FO/c1-9(12-7-4-8-14-12)10-5-2-3-6-11(10)13/h2-3,5-6,12H,1,4,7-8H2. The van der Waals surface area contributed by atoms with Crippen LogP contribution in [-0.4, -0.2) is 12.7 Å². The van der Waals surface area contributed by atoms with Gasteiger partial charge in [0, 0.05) is 12.2 Å². The largest absolute Gasteiger partial charge is 0.374 e. The van der Waals surface area contributed by atoms with E-state index in [-0.39, 0.29) is 11.9 Å². The lowest BCUT2D eigenvalue weighted by Crippen LogP contribution is -2.08. The molecule has 1 aromatic rings. The average molecular weight is 192 g/mol. The van der Waals surface area contributed by atoms with Crippen molar-refractivity contribution in [3.63, 3.8) is 0 Å². The Morgan fingerprint density at radius 1 is 1.43 bits per heavy atom. The minimum Gasteiger partial charge on any atom is -0.374 e. The monoisotopic (exact) mass is 192 g/mol. The summed E-state index contributed by atoms with van der Waals surface area (Å²) in [4.78, 5) is 0. The first-order chi connectivity index (χ1) is 6.79. The molecule has 1 aromatic carbocycles. The molecule has 14 heavy (non-hydrogen) atoms. The van der Waals surface area contributed by atoms with Gasteiger partial charge in [-0.05, 0) is 24.5 Å². The van der Waals surface area contributed by atoms with Crippen LogP contribution in [0.5, 0.6) is 0 Å². The summed E-state index contributed by atoms with van der Waals surface area (Å²) in [7, 11) is 0. The van der Waals surface area contributed by atoms with Gasteiger partial charge in [-0.25, -0.2) is 4.39 Å². The Kier molecular flexibility index (Phi) is 2.64. The van der Waals surface area contributed by atoms with E-state index in [0.717, 1.165) is 25.0 Å². The lowest BCUT2D eigenvalue weighted by Gasteiger charge is -2.13. The van der Waals surface area contributed by atoms with Crippen molar-refractivity contribution in [1.82, 2.24) is 0 Å². The van der Waals surface area contributed by atoms with Crippen LogP contribution < -0.4 is 0 Å². The van der Waals surface area contributed by atoms with Gasteiger partial charge in [0.15, 0.2) is 0 Å². The molecule has 0 amide bonds. The van der Waals surface area contributed by atoms with E-state index in [9.17, 15) is 4.39 Å². The third-order valence-corrected chi connectivity index (χ3v) is 2.54. The molecule has 0 aliphatic carbocycles. The Balaban J connectivity index is 2.22. The third kappa shape index (κ3) is 1.70. The molecule has 1 nitrogen and oxygen atoms in total. The number of hydrogen-bond acceptors (Lipinski definition) is 1. The molecule has 0 aromatic heterocycles. The van der Waals surface area contributed by atoms with E-state index >= 15 is 0 Å². The van der Waals surface area contributed by atoms with Crippen LogP contribution in [0.15, 0.2) is 30.8 Å². The van der Waals surface area contributed by atoms with Gasteiger partial charge in [0.25, 0.3) is 0 Å². The molecular weight excluding hydrogens is 179 g/mol. The molecule has 74 valence electrons. The van der Waals surface area contributed by atoms with Gasteiger partial charge >= 0.3 is 0 Å². The van der Waals surface area contributed by atoms with E-state index in [0.29, 0.717) is 5.56 Å². The van der Waals surface area contributed by atoms with E-state index in [1.165, 1.54) is 6.07 Å². The maximum Gasteiger partial charge on any atom is 0.130 e. The van der Waals surface area contributed by atoms with Crippen LogP contribution >= 0.6 is 0 Å². The quantitative estimate of drug-likeness (QED) is 0.699. The van der Waals surface area contributed by atoms with Crippen LogP contribution in [0.4, 0.5) is 4.39 Å². The van der Waals surface area contributed by atoms with E-state index in [1.54, 1.807) is 12.1 Å². The summed E-state index contributed by atoms with van der Waals surface area (Å²) in [6.07, 6.45) is 2.00. The Morgan fingerprint density at radius 2 is 2.21 bits per heavy atom. The van der Waals surface area contributed by atoms with Gasteiger partial charge in [-0.15, -0.1) is 0 Å². The Bertz CT molecular complexity index is 340. The van der Waals surface area contributed by atoms with Crippen molar-refractivity contribution in [1.29, 1.82) is 0 Å². The summed E-state index contributed by atoms with van der Waals surface area (Å²) in [5, 5.41) is 0. The fraction of sp³-hybridized carbons (Fsp3) is 0.333. The molecule has 0 N–H and O–H groups in total. The lowest BCUT2D eigenvalue weighted by atomic mass is 10.00. The first-order valence-electron chi connectivity index (χ1n) is 4.84. The first kappa shape index (κ1) is 9.41.